The molecule has 0 amide bonds. The number of methoxy groups -OCH3 is 1. The second-order valence-corrected chi connectivity index (χ2v) is 5.16. The predicted molar refractivity (Wildman–Crippen MR) is 84.3 cm³/mol. The zero-order chi connectivity index (χ0) is 14.7. The average Bonchev–Trinajstić information content (AvgIpc) is 2.49. The Balaban J connectivity index is 2.53. The summed E-state index contributed by atoms with van der Waals surface area (Å²) in [6.45, 7) is 6.33. The van der Waals surface area contributed by atoms with Crippen molar-refractivity contribution < 1.29 is 4.74 Å². The first-order valence-corrected chi connectivity index (χ1v) is 7.07. The fraction of sp³-hybridized carbons (Fsp3) is 0.333. The minimum absolute atomic E-state index is 0.152. The summed E-state index contributed by atoms with van der Waals surface area (Å²) in [5.74, 6) is 0.906. The van der Waals surface area contributed by atoms with Gasteiger partial charge in [-0.3, -0.25) is 0 Å². The Bertz CT molecular complexity index is 604. The van der Waals surface area contributed by atoms with Gasteiger partial charge >= 0.3 is 0 Å². The van der Waals surface area contributed by atoms with Crippen LogP contribution in [0.4, 0.5) is 0 Å². The summed E-state index contributed by atoms with van der Waals surface area (Å²) in [4.78, 5) is 0. The minimum Gasteiger partial charge on any atom is -0.496 e. The summed E-state index contributed by atoms with van der Waals surface area (Å²) in [7, 11) is 1.71. The highest BCUT2D eigenvalue weighted by atomic mass is 16.5. The van der Waals surface area contributed by atoms with Gasteiger partial charge in [0.1, 0.15) is 5.75 Å². The molecular formula is C18H23NO. The zero-order valence-corrected chi connectivity index (χ0v) is 12.7. The Morgan fingerprint density at radius 3 is 2.40 bits per heavy atom. The van der Waals surface area contributed by atoms with Gasteiger partial charge in [-0.25, -0.2) is 0 Å². The molecule has 0 heterocycles. The highest BCUT2D eigenvalue weighted by Crippen LogP contribution is 2.33. The van der Waals surface area contributed by atoms with Gasteiger partial charge in [-0.05, 0) is 42.5 Å². The van der Waals surface area contributed by atoms with Gasteiger partial charge in [-0.2, -0.15) is 0 Å². The maximum atomic E-state index is 6.51. The van der Waals surface area contributed by atoms with Crippen LogP contribution in [0, 0.1) is 13.8 Å². The van der Waals surface area contributed by atoms with Crippen molar-refractivity contribution in [2.75, 3.05) is 7.11 Å². The number of nitrogens with two attached hydrogens (primary N) is 1. The van der Waals surface area contributed by atoms with E-state index in [0.29, 0.717) is 0 Å². The summed E-state index contributed by atoms with van der Waals surface area (Å²) in [6, 6.07) is 12.4. The van der Waals surface area contributed by atoms with Crippen LogP contribution in [0.15, 0.2) is 36.4 Å². The molecule has 2 N–H and O–H groups in total. The largest absolute Gasteiger partial charge is 0.496 e. The highest BCUT2D eigenvalue weighted by Gasteiger charge is 2.18. The average molecular weight is 269 g/mol. The summed E-state index contributed by atoms with van der Waals surface area (Å²) < 4.78 is 5.59. The molecule has 1 unspecified atom stereocenters. The summed E-state index contributed by atoms with van der Waals surface area (Å²) in [5.41, 5.74) is 12.4. The standard InChI is InChI=1S/C18H23NO/c1-5-14-8-6-7-9-15(14)17(19)16-11-10-12(2)13(3)18(16)20-4/h6-11,17H,5,19H2,1-4H3. The van der Waals surface area contributed by atoms with E-state index in [1.165, 1.54) is 16.7 Å². The van der Waals surface area contributed by atoms with Gasteiger partial charge in [0, 0.05) is 5.56 Å². The van der Waals surface area contributed by atoms with Gasteiger partial charge in [0.2, 0.25) is 0 Å². The van der Waals surface area contributed by atoms with Gasteiger partial charge in [-0.15, -0.1) is 0 Å². The van der Waals surface area contributed by atoms with Crippen molar-refractivity contribution in [3.8, 4) is 5.75 Å². The first-order chi connectivity index (χ1) is 9.60. The Morgan fingerprint density at radius 1 is 1.05 bits per heavy atom. The molecule has 20 heavy (non-hydrogen) atoms. The summed E-state index contributed by atoms with van der Waals surface area (Å²) >= 11 is 0. The number of ether oxygens (including phenoxy) is 1. The molecule has 0 bridgehead atoms. The van der Waals surface area contributed by atoms with Crippen LogP contribution in [-0.4, -0.2) is 7.11 Å². The molecule has 0 aliphatic heterocycles. The monoisotopic (exact) mass is 269 g/mol. The molecule has 2 nitrogen and oxygen atoms in total. The molecular weight excluding hydrogens is 246 g/mol. The second kappa shape index (κ2) is 6.10. The maximum Gasteiger partial charge on any atom is 0.127 e. The van der Waals surface area contributed by atoms with Gasteiger partial charge in [0.05, 0.1) is 13.2 Å². The molecule has 1 atom stereocenters. The van der Waals surface area contributed by atoms with Crippen molar-refractivity contribution in [3.63, 3.8) is 0 Å². The van der Waals surface area contributed by atoms with E-state index in [9.17, 15) is 0 Å². The number of rotatable bonds is 4. The predicted octanol–water partition coefficient (Wildman–Crippen LogP) is 3.92. The smallest absolute Gasteiger partial charge is 0.127 e. The molecule has 0 aliphatic rings. The van der Waals surface area contributed by atoms with E-state index in [1.54, 1.807) is 7.11 Å². The Labute approximate surface area is 121 Å². The SMILES string of the molecule is CCc1ccccc1C(N)c1ccc(C)c(C)c1OC. The normalized spacial score (nSPS) is 12.2. The first kappa shape index (κ1) is 14.6. The lowest BCUT2D eigenvalue weighted by Gasteiger charge is -2.21. The number of aryl methyl sites for hydroxylation is 2. The number of hydrogen-bond donors (Lipinski definition) is 1. The zero-order valence-electron chi connectivity index (χ0n) is 12.7. The molecule has 106 valence electrons. The van der Waals surface area contributed by atoms with E-state index >= 15 is 0 Å². The first-order valence-electron chi connectivity index (χ1n) is 7.07. The van der Waals surface area contributed by atoms with Gasteiger partial charge in [-0.1, -0.05) is 43.3 Å². The fourth-order valence-corrected chi connectivity index (χ4v) is 2.65. The van der Waals surface area contributed by atoms with Crippen LogP contribution in [0.3, 0.4) is 0 Å². The highest BCUT2D eigenvalue weighted by molar-refractivity contribution is 5.50. The number of benzene rings is 2. The topological polar surface area (TPSA) is 35.2 Å². The summed E-state index contributed by atoms with van der Waals surface area (Å²) in [5, 5.41) is 0. The molecule has 0 saturated heterocycles. The molecule has 0 aliphatic carbocycles. The minimum atomic E-state index is -0.152. The van der Waals surface area contributed by atoms with Crippen molar-refractivity contribution in [2.45, 2.75) is 33.2 Å². The lowest BCUT2D eigenvalue weighted by atomic mass is 9.91. The third-order valence-electron chi connectivity index (χ3n) is 4.02. The van der Waals surface area contributed by atoms with Crippen LogP contribution in [0.5, 0.6) is 5.75 Å². The van der Waals surface area contributed by atoms with E-state index in [4.69, 9.17) is 10.5 Å². The molecule has 0 radical (unpaired) electrons. The van der Waals surface area contributed by atoms with Crippen molar-refractivity contribution in [1.82, 2.24) is 0 Å². The van der Waals surface area contributed by atoms with Crippen LogP contribution >= 0.6 is 0 Å². The summed E-state index contributed by atoms with van der Waals surface area (Å²) in [6.07, 6.45) is 0.983. The van der Waals surface area contributed by atoms with Crippen molar-refractivity contribution >= 4 is 0 Å². The van der Waals surface area contributed by atoms with E-state index < -0.39 is 0 Å². The van der Waals surface area contributed by atoms with Gasteiger partial charge in [0.15, 0.2) is 0 Å². The van der Waals surface area contributed by atoms with Crippen LogP contribution in [0.1, 0.15) is 40.8 Å². The maximum absolute atomic E-state index is 6.51. The van der Waals surface area contributed by atoms with Crippen LogP contribution in [-0.2, 0) is 6.42 Å². The van der Waals surface area contributed by atoms with E-state index in [-0.39, 0.29) is 6.04 Å². The van der Waals surface area contributed by atoms with Crippen LogP contribution < -0.4 is 10.5 Å². The van der Waals surface area contributed by atoms with E-state index in [0.717, 1.165) is 23.3 Å². The van der Waals surface area contributed by atoms with Gasteiger partial charge < -0.3 is 10.5 Å². The third kappa shape index (κ3) is 2.56. The Morgan fingerprint density at radius 2 is 1.75 bits per heavy atom. The van der Waals surface area contributed by atoms with Crippen LogP contribution in [0.25, 0.3) is 0 Å². The lowest BCUT2D eigenvalue weighted by Crippen LogP contribution is -2.15. The molecule has 0 saturated carbocycles. The second-order valence-electron chi connectivity index (χ2n) is 5.16. The van der Waals surface area contributed by atoms with Crippen LogP contribution in [0.2, 0.25) is 0 Å². The molecule has 2 heteroatoms. The third-order valence-corrected chi connectivity index (χ3v) is 4.02. The van der Waals surface area contributed by atoms with Crippen molar-refractivity contribution in [3.05, 3.63) is 64.2 Å². The lowest BCUT2D eigenvalue weighted by molar-refractivity contribution is 0.404. The van der Waals surface area contributed by atoms with E-state index in [2.05, 4.69) is 51.1 Å². The Kier molecular flexibility index (Phi) is 4.46. The quantitative estimate of drug-likeness (QED) is 0.913. The fourth-order valence-electron chi connectivity index (χ4n) is 2.65. The van der Waals surface area contributed by atoms with E-state index in [1.807, 2.05) is 6.07 Å². The molecule has 0 fully saturated rings. The Hall–Kier alpha value is -1.80. The molecule has 2 aromatic rings. The molecule has 2 rings (SSSR count). The molecule has 2 aromatic carbocycles. The van der Waals surface area contributed by atoms with Gasteiger partial charge in [0.25, 0.3) is 0 Å². The van der Waals surface area contributed by atoms with Crippen molar-refractivity contribution in [2.24, 2.45) is 5.73 Å². The van der Waals surface area contributed by atoms with Crippen molar-refractivity contribution in [1.29, 1.82) is 0 Å². The molecule has 0 aromatic heterocycles. The molecule has 0 spiro atoms. The number of hydrogen-bond acceptors (Lipinski definition) is 2.